The number of ether oxygens (including phenoxy) is 1. The number of aliphatic carboxylic acids is 1. The molecule has 0 fully saturated rings. The quantitative estimate of drug-likeness (QED) is 0.0660. The van der Waals surface area contributed by atoms with Crippen LogP contribution in [0.1, 0.15) is 59.6 Å². The molecule has 62 heavy (non-hydrogen) atoms. The predicted molar refractivity (Wildman–Crippen MR) is 230 cm³/mol. The molecule has 0 saturated heterocycles. The van der Waals surface area contributed by atoms with E-state index in [2.05, 4.69) is 31.4 Å². The van der Waals surface area contributed by atoms with Gasteiger partial charge in [0.25, 0.3) is 5.91 Å². The number of benzene rings is 3. The zero-order valence-electron chi connectivity index (χ0n) is 35.5. The number of aromatic nitrogens is 2. The van der Waals surface area contributed by atoms with Crippen LogP contribution >= 0.6 is 0 Å². The van der Waals surface area contributed by atoms with Gasteiger partial charge in [0.15, 0.2) is 5.75 Å². The number of nitrogens with one attached hydrogen (secondary N) is 4. The summed E-state index contributed by atoms with van der Waals surface area (Å²) in [6, 6.07) is 20.4. The number of carboxylic acids is 1. The van der Waals surface area contributed by atoms with E-state index in [1.54, 1.807) is 27.1 Å². The number of carboxylic acid groups (broad SMARTS) is 1. The molecule has 0 bridgehead atoms. The molecule has 0 spiro atoms. The van der Waals surface area contributed by atoms with E-state index in [1.807, 2.05) is 74.5 Å². The summed E-state index contributed by atoms with van der Waals surface area (Å²) in [4.78, 5) is 73.6. The second kappa shape index (κ2) is 22.2. The van der Waals surface area contributed by atoms with Crippen molar-refractivity contribution >= 4 is 40.5 Å². The average Bonchev–Trinajstić information content (AvgIpc) is 3.67. The van der Waals surface area contributed by atoms with Crippen LogP contribution in [0.15, 0.2) is 95.6 Å². The minimum Gasteiger partial charge on any atom is -0.489 e. The summed E-state index contributed by atoms with van der Waals surface area (Å²) in [6.45, 7) is 5.64. The molecular formula is C46H54FN7O8. The van der Waals surface area contributed by atoms with Gasteiger partial charge in [0.1, 0.15) is 30.3 Å². The molecule has 0 aliphatic carbocycles. The molecule has 5 rings (SSSR count). The largest absolute Gasteiger partial charge is 0.489 e. The number of nitrogens with zero attached hydrogens (tertiary/aromatic N) is 3. The van der Waals surface area contributed by atoms with Gasteiger partial charge in [-0.05, 0) is 62.1 Å². The molecule has 0 radical (unpaired) electrons. The Labute approximate surface area is 359 Å². The Morgan fingerprint density at radius 1 is 0.887 bits per heavy atom. The Hall–Kier alpha value is -6.68. The lowest BCUT2D eigenvalue weighted by Crippen LogP contribution is -2.56. The molecule has 15 nitrogen and oxygen atoms in total. The van der Waals surface area contributed by atoms with E-state index in [0.717, 1.165) is 17.2 Å². The zero-order chi connectivity index (χ0) is 44.8. The maximum Gasteiger partial charge on any atom is 0.305 e. The molecular weight excluding hydrogens is 798 g/mol. The fourth-order valence-corrected chi connectivity index (χ4v) is 7.06. The summed E-state index contributed by atoms with van der Waals surface area (Å²) in [6.07, 6.45) is 1.85. The maximum absolute atomic E-state index is 14.8. The number of carbonyl (C=O) groups excluding carboxylic acids is 4. The third-order valence-electron chi connectivity index (χ3n) is 10.2. The first-order valence-corrected chi connectivity index (χ1v) is 20.5. The summed E-state index contributed by atoms with van der Waals surface area (Å²) in [5.74, 6) is -3.78. The number of halogens is 1. The van der Waals surface area contributed by atoms with E-state index >= 15 is 0 Å². The van der Waals surface area contributed by atoms with Crippen molar-refractivity contribution < 1.29 is 42.7 Å². The van der Waals surface area contributed by atoms with Crippen molar-refractivity contribution in [1.82, 2.24) is 36.3 Å². The Balaban J connectivity index is 1.43. The van der Waals surface area contributed by atoms with Crippen molar-refractivity contribution in [2.45, 2.75) is 77.0 Å². The standard InChI is InChI=1S/C46H54FN7O8/c1-28(2)20-38(48-4)46(60)54(5)39(23-31-14-10-7-11-15-31)44(58)51-33(22-30-12-8-6-9-13-30)27-61-40-26-50-36-17-16-32(47)24-35(36)42(40)45(59)52-37(25-41(55)56)43(57)49-19-18-34-21-29(3)53-62-34/h6-17,21,24,26,28,33,37-39,48H,18-20,22-23,25,27H2,1-5H3,(H,49,57)(H,51,58)(H,52,59)(H,55,56)/t33-,37+,38+,39-/m1/s1. The lowest BCUT2D eigenvalue weighted by atomic mass is 9.99. The molecule has 0 aliphatic rings. The Bertz CT molecular complexity index is 2310. The first kappa shape index (κ1) is 46.4. The smallest absolute Gasteiger partial charge is 0.305 e. The number of amides is 4. The van der Waals surface area contributed by atoms with Crippen molar-refractivity contribution in [2.24, 2.45) is 5.92 Å². The lowest BCUT2D eigenvalue weighted by molar-refractivity contribution is -0.141. The molecule has 4 atom stereocenters. The minimum atomic E-state index is -1.53. The number of hydrogen-bond donors (Lipinski definition) is 5. The van der Waals surface area contributed by atoms with Crippen LogP contribution in [0, 0.1) is 18.7 Å². The highest BCUT2D eigenvalue weighted by molar-refractivity contribution is 6.09. The summed E-state index contributed by atoms with van der Waals surface area (Å²) in [5, 5.41) is 24.9. The van der Waals surface area contributed by atoms with Crippen LogP contribution in [-0.2, 0) is 38.4 Å². The lowest BCUT2D eigenvalue weighted by Gasteiger charge is -2.32. The molecule has 5 aromatic rings. The van der Waals surface area contributed by atoms with Crippen molar-refractivity contribution in [3.05, 3.63) is 125 Å². The first-order valence-electron chi connectivity index (χ1n) is 20.5. The van der Waals surface area contributed by atoms with Gasteiger partial charge in [0.05, 0.1) is 41.5 Å². The third kappa shape index (κ3) is 13.2. The Kier molecular flexibility index (Phi) is 16.6. The summed E-state index contributed by atoms with van der Waals surface area (Å²) < 4.78 is 26.3. The highest BCUT2D eigenvalue weighted by Gasteiger charge is 2.33. The van der Waals surface area contributed by atoms with Gasteiger partial charge in [-0.15, -0.1) is 0 Å². The van der Waals surface area contributed by atoms with E-state index in [4.69, 9.17) is 9.26 Å². The normalized spacial score (nSPS) is 13.1. The van der Waals surface area contributed by atoms with Gasteiger partial charge < -0.3 is 40.5 Å². The molecule has 0 saturated carbocycles. The minimum absolute atomic E-state index is 0.0439. The molecule has 2 heterocycles. The van der Waals surface area contributed by atoms with Crippen LogP contribution in [0.2, 0.25) is 0 Å². The molecule has 4 amide bonds. The number of hydrogen-bond acceptors (Lipinski definition) is 10. The Morgan fingerprint density at radius 2 is 1.56 bits per heavy atom. The Morgan fingerprint density at radius 3 is 2.18 bits per heavy atom. The second-order valence-corrected chi connectivity index (χ2v) is 15.6. The number of carbonyl (C=O) groups is 5. The molecule has 3 aromatic carbocycles. The second-order valence-electron chi connectivity index (χ2n) is 15.6. The van der Waals surface area contributed by atoms with Crippen LogP contribution in [-0.4, -0.2) is 101 Å². The summed E-state index contributed by atoms with van der Waals surface area (Å²) in [5.41, 5.74) is 2.39. The van der Waals surface area contributed by atoms with E-state index in [-0.39, 0.29) is 66.5 Å². The molecule has 328 valence electrons. The highest BCUT2D eigenvalue weighted by Crippen LogP contribution is 2.28. The fourth-order valence-electron chi connectivity index (χ4n) is 7.06. The van der Waals surface area contributed by atoms with Crippen molar-refractivity contribution in [3.63, 3.8) is 0 Å². The average molecular weight is 852 g/mol. The monoisotopic (exact) mass is 851 g/mol. The maximum atomic E-state index is 14.8. The highest BCUT2D eigenvalue weighted by atomic mass is 19.1. The van der Waals surface area contributed by atoms with E-state index in [9.17, 15) is 33.5 Å². The van der Waals surface area contributed by atoms with Gasteiger partial charge in [0.2, 0.25) is 17.7 Å². The van der Waals surface area contributed by atoms with E-state index in [1.165, 1.54) is 23.2 Å². The number of likely N-dealkylation sites (N-methyl/N-ethyl adjacent to an activating group) is 2. The van der Waals surface area contributed by atoms with Crippen molar-refractivity contribution in [3.8, 4) is 5.75 Å². The summed E-state index contributed by atoms with van der Waals surface area (Å²) >= 11 is 0. The number of aryl methyl sites for hydroxylation is 1. The van der Waals surface area contributed by atoms with Gasteiger partial charge in [-0.25, -0.2) is 4.39 Å². The van der Waals surface area contributed by atoms with Crippen molar-refractivity contribution in [2.75, 3.05) is 27.2 Å². The number of pyridine rings is 1. The van der Waals surface area contributed by atoms with Gasteiger partial charge >= 0.3 is 5.97 Å². The van der Waals surface area contributed by atoms with Crippen molar-refractivity contribution in [1.29, 1.82) is 0 Å². The van der Waals surface area contributed by atoms with Crippen LogP contribution in [0.4, 0.5) is 4.39 Å². The van der Waals surface area contributed by atoms with Crippen LogP contribution < -0.4 is 26.0 Å². The third-order valence-corrected chi connectivity index (χ3v) is 10.2. The van der Waals surface area contributed by atoms with Crippen LogP contribution in [0.3, 0.4) is 0 Å². The fraction of sp³-hybridized carbons (Fsp3) is 0.370. The molecule has 5 N–H and O–H groups in total. The van der Waals surface area contributed by atoms with Crippen LogP contribution in [0.5, 0.6) is 5.75 Å². The number of rotatable bonds is 22. The van der Waals surface area contributed by atoms with Crippen LogP contribution in [0.25, 0.3) is 10.9 Å². The summed E-state index contributed by atoms with van der Waals surface area (Å²) in [7, 11) is 3.33. The van der Waals surface area contributed by atoms with Gasteiger partial charge in [-0.3, -0.25) is 29.0 Å². The van der Waals surface area contributed by atoms with Gasteiger partial charge in [-0.2, -0.15) is 0 Å². The van der Waals surface area contributed by atoms with E-state index in [0.29, 0.717) is 17.9 Å². The van der Waals surface area contributed by atoms with Gasteiger partial charge in [0, 0.05) is 37.9 Å². The first-order chi connectivity index (χ1) is 29.7. The zero-order valence-corrected chi connectivity index (χ0v) is 35.5. The molecule has 16 heteroatoms. The van der Waals surface area contributed by atoms with Gasteiger partial charge in [-0.1, -0.05) is 79.7 Å². The SMILES string of the molecule is CN[C@@H](CC(C)C)C(=O)N(C)[C@H](Cc1ccccc1)C(=O)N[C@@H](COc1cnc2ccc(F)cc2c1C(=O)N[C@@H](CC(=O)O)C(=O)NCCc1cc(C)no1)Cc1ccccc1. The number of fused-ring (bicyclic) bond motifs is 1. The predicted octanol–water partition coefficient (Wildman–Crippen LogP) is 4.41. The molecule has 2 aromatic heterocycles. The molecule has 0 aliphatic heterocycles. The topological polar surface area (TPSA) is 205 Å². The van der Waals surface area contributed by atoms with E-state index < -0.39 is 60.1 Å². The molecule has 0 unspecified atom stereocenters.